The molecule has 0 unspecified atom stereocenters. The number of hydrogen-bond donors (Lipinski definition) is 1. The average molecular weight is 431 g/mol. The fourth-order valence-electron chi connectivity index (χ4n) is 2.92. The second-order valence-corrected chi connectivity index (χ2v) is 8.87. The minimum Gasteiger partial charge on any atom is -0.354 e. The average Bonchev–Trinajstić information content (AvgIpc) is 2.72. The summed E-state index contributed by atoms with van der Waals surface area (Å²) in [6.45, 7) is 8.66. The largest absolute Gasteiger partial charge is 0.354 e. The Morgan fingerprint density at radius 3 is 2.37 bits per heavy atom. The number of carbonyl (C=O) groups is 2. The molecule has 0 radical (unpaired) electrons. The fraction of sp³-hybridized carbons (Fsp3) is 0.417. The van der Waals surface area contributed by atoms with Crippen molar-refractivity contribution in [3.63, 3.8) is 0 Å². The van der Waals surface area contributed by atoms with Gasteiger partial charge in [0.1, 0.15) is 11.9 Å². The number of halogens is 1. The van der Waals surface area contributed by atoms with E-state index in [1.807, 2.05) is 26.0 Å². The topological polar surface area (TPSA) is 49.4 Å². The van der Waals surface area contributed by atoms with E-state index in [0.717, 1.165) is 11.3 Å². The van der Waals surface area contributed by atoms with Gasteiger partial charge in [0.05, 0.1) is 5.75 Å². The van der Waals surface area contributed by atoms with E-state index >= 15 is 0 Å². The summed E-state index contributed by atoms with van der Waals surface area (Å²) in [5.41, 5.74) is 3.18. The first-order valence-corrected chi connectivity index (χ1v) is 11.4. The number of rotatable bonds is 10. The first kappa shape index (κ1) is 23.9. The Balaban J connectivity index is 2.06. The highest BCUT2D eigenvalue weighted by atomic mass is 32.2. The van der Waals surface area contributed by atoms with Crippen LogP contribution in [0.3, 0.4) is 0 Å². The molecule has 0 saturated carbocycles. The third-order valence-electron chi connectivity index (χ3n) is 4.86. The number of carbonyl (C=O) groups excluding carboxylic acids is 2. The molecule has 162 valence electrons. The zero-order chi connectivity index (χ0) is 22.1. The van der Waals surface area contributed by atoms with E-state index in [0.29, 0.717) is 12.5 Å². The zero-order valence-electron chi connectivity index (χ0n) is 18.2. The molecule has 2 rings (SSSR count). The quantitative estimate of drug-likeness (QED) is 0.601. The molecular weight excluding hydrogens is 399 g/mol. The molecule has 0 aromatic heterocycles. The van der Waals surface area contributed by atoms with Crippen LogP contribution in [0.2, 0.25) is 0 Å². The lowest BCUT2D eigenvalue weighted by atomic mass is 10.1. The molecule has 2 aromatic rings. The molecule has 0 heterocycles. The van der Waals surface area contributed by atoms with Gasteiger partial charge in [-0.15, -0.1) is 11.8 Å². The highest BCUT2D eigenvalue weighted by molar-refractivity contribution is 7.99. The molecule has 1 N–H and O–H groups in total. The van der Waals surface area contributed by atoms with Gasteiger partial charge in [0, 0.05) is 18.8 Å². The van der Waals surface area contributed by atoms with E-state index in [9.17, 15) is 14.0 Å². The van der Waals surface area contributed by atoms with Gasteiger partial charge < -0.3 is 10.2 Å². The first-order chi connectivity index (χ1) is 14.3. The van der Waals surface area contributed by atoms with Crippen LogP contribution in [0, 0.1) is 18.7 Å². The first-order valence-electron chi connectivity index (χ1n) is 10.2. The van der Waals surface area contributed by atoms with Crippen LogP contribution in [-0.4, -0.2) is 35.1 Å². The standard InChI is InChI=1S/C24H31FN2O2S/c1-17(2)13-26-24(29)19(4)27(14-20-9-11-22(25)12-10-20)23(28)16-30-15-21-8-6-5-7-18(21)3/h5-12,17,19H,13-16H2,1-4H3,(H,26,29)/t19-/m1/s1. The molecule has 0 fully saturated rings. The van der Waals surface area contributed by atoms with Gasteiger partial charge in [0.15, 0.2) is 0 Å². The highest BCUT2D eigenvalue weighted by Gasteiger charge is 2.26. The number of amides is 2. The number of nitrogens with zero attached hydrogens (tertiary/aromatic N) is 1. The summed E-state index contributed by atoms with van der Waals surface area (Å²) in [7, 11) is 0. The Hall–Kier alpha value is -2.34. The molecular formula is C24H31FN2O2S. The van der Waals surface area contributed by atoms with Gasteiger partial charge in [-0.05, 0) is 48.6 Å². The summed E-state index contributed by atoms with van der Waals surface area (Å²) in [6, 6.07) is 13.5. The summed E-state index contributed by atoms with van der Waals surface area (Å²) in [5, 5.41) is 2.90. The van der Waals surface area contributed by atoms with Crippen LogP contribution in [0.15, 0.2) is 48.5 Å². The van der Waals surface area contributed by atoms with Gasteiger partial charge in [-0.1, -0.05) is 50.2 Å². The molecule has 0 saturated heterocycles. The van der Waals surface area contributed by atoms with Crippen molar-refractivity contribution in [1.29, 1.82) is 0 Å². The molecule has 0 aliphatic carbocycles. The van der Waals surface area contributed by atoms with E-state index in [4.69, 9.17) is 0 Å². The van der Waals surface area contributed by atoms with E-state index in [1.165, 1.54) is 35.0 Å². The van der Waals surface area contributed by atoms with Crippen LogP contribution in [0.25, 0.3) is 0 Å². The fourth-order valence-corrected chi connectivity index (χ4v) is 3.91. The van der Waals surface area contributed by atoms with Crippen LogP contribution in [0.1, 0.15) is 37.5 Å². The zero-order valence-corrected chi connectivity index (χ0v) is 19.0. The van der Waals surface area contributed by atoms with Crippen molar-refractivity contribution in [2.45, 2.75) is 46.0 Å². The molecule has 2 aromatic carbocycles. The van der Waals surface area contributed by atoms with Gasteiger partial charge in [-0.3, -0.25) is 9.59 Å². The maximum atomic E-state index is 13.3. The van der Waals surface area contributed by atoms with E-state index in [1.54, 1.807) is 24.0 Å². The summed E-state index contributed by atoms with van der Waals surface area (Å²) in [5.74, 6) is 0.724. The van der Waals surface area contributed by atoms with Crippen LogP contribution in [-0.2, 0) is 21.9 Å². The van der Waals surface area contributed by atoms with Crippen molar-refractivity contribution in [2.24, 2.45) is 5.92 Å². The van der Waals surface area contributed by atoms with Crippen LogP contribution < -0.4 is 5.32 Å². The normalized spacial score (nSPS) is 11.9. The number of thioether (sulfide) groups is 1. The molecule has 1 atom stereocenters. The van der Waals surface area contributed by atoms with Crippen molar-refractivity contribution in [1.82, 2.24) is 10.2 Å². The number of benzene rings is 2. The third-order valence-corrected chi connectivity index (χ3v) is 5.83. The lowest BCUT2D eigenvalue weighted by molar-refractivity contribution is -0.138. The minimum atomic E-state index is -0.611. The lowest BCUT2D eigenvalue weighted by Gasteiger charge is -2.29. The van der Waals surface area contributed by atoms with Crippen molar-refractivity contribution in [3.8, 4) is 0 Å². The van der Waals surface area contributed by atoms with Crippen molar-refractivity contribution in [2.75, 3.05) is 12.3 Å². The van der Waals surface area contributed by atoms with Gasteiger partial charge in [-0.25, -0.2) is 4.39 Å². The predicted molar refractivity (Wildman–Crippen MR) is 122 cm³/mol. The molecule has 4 nitrogen and oxygen atoms in total. The van der Waals surface area contributed by atoms with Gasteiger partial charge >= 0.3 is 0 Å². The number of aryl methyl sites for hydroxylation is 1. The Labute approximate surface area is 183 Å². The smallest absolute Gasteiger partial charge is 0.242 e. The monoisotopic (exact) mass is 430 g/mol. The number of nitrogens with one attached hydrogen (secondary N) is 1. The summed E-state index contributed by atoms with van der Waals surface area (Å²) in [6.07, 6.45) is 0. The Morgan fingerprint density at radius 2 is 1.73 bits per heavy atom. The molecule has 6 heteroatoms. The highest BCUT2D eigenvalue weighted by Crippen LogP contribution is 2.18. The summed E-state index contributed by atoms with van der Waals surface area (Å²) >= 11 is 1.53. The van der Waals surface area contributed by atoms with Crippen molar-refractivity contribution < 1.29 is 14.0 Å². The van der Waals surface area contributed by atoms with Crippen molar-refractivity contribution >= 4 is 23.6 Å². The minimum absolute atomic E-state index is 0.106. The molecule has 0 aliphatic heterocycles. The molecule has 30 heavy (non-hydrogen) atoms. The van der Waals surface area contributed by atoms with Crippen LogP contribution in [0.5, 0.6) is 0 Å². The molecule has 0 spiro atoms. The predicted octanol–water partition coefficient (Wildman–Crippen LogP) is 4.56. The molecule has 0 aliphatic rings. The third kappa shape index (κ3) is 7.48. The van der Waals surface area contributed by atoms with Crippen LogP contribution in [0.4, 0.5) is 4.39 Å². The van der Waals surface area contributed by atoms with Gasteiger partial charge in [0.2, 0.25) is 11.8 Å². The molecule has 0 bridgehead atoms. The number of hydrogen-bond acceptors (Lipinski definition) is 3. The van der Waals surface area contributed by atoms with E-state index in [-0.39, 0.29) is 29.9 Å². The maximum absolute atomic E-state index is 13.3. The Morgan fingerprint density at radius 1 is 1.07 bits per heavy atom. The van der Waals surface area contributed by atoms with E-state index < -0.39 is 6.04 Å². The second kappa shape index (κ2) is 11.7. The Bertz CT molecular complexity index is 839. The second-order valence-electron chi connectivity index (χ2n) is 7.88. The lowest BCUT2D eigenvalue weighted by Crippen LogP contribution is -2.48. The summed E-state index contributed by atoms with van der Waals surface area (Å²) in [4.78, 5) is 27.2. The SMILES string of the molecule is Cc1ccccc1CSCC(=O)N(Cc1ccc(F)cc1)[C@H](C)C(=O)NCC(C)C. The Kier molecular flexibility index (Phi) is 9.37. The molecule has 2 amide bonds. The summed E-state index contributed by atoms with van der Waals surface area (Å²) < 4.78 is 13.3. The van der Waals surface area contributed by atoms with E-state index in [2.05, 4.69) is 24.4 Å². The maximum Gasteiger partial charge on any atom is 0.242 e. The van der Waals surface area contributed by atoms with Crippen molar-refractivity contribution in [3.05, 3.63) is 71.0 Å². The van der Waals surface area contributed by atoms with Gasteiger partial charge in [0.25, 0.3) is 0 Å². The van der Waals surface area contributed by atoms with Gasteiger partial charge in [-0.2, -0.15) is 0 Å². The van der Waals surface area contributed by atoms with Crippen LogP contribution >= 0.6 is 11.8 Å².